The summed E-state index contributed by atoms with van der Waals surface area (Å²) in [5, 5.41) is 0. The first-order valence-corrected chi connectivity index (χ1v) is 12.8. The molecule has 2 N–H and O–H groups in total. The van der Waals surface area contributed by atoms with Crippen molar-refractivity contribution in [2.24, 2.45) is 5.92 Å². The molecule has 0 bridgehead atoms. The number of hydrogen-bond donors (Lipinski definition) is 2. The zero-order valence-corrected chi connectivity index (χ0v) is 21.1. The van der Waals surface area contributed by atoms with E-state index in [0.717, 1.165) is 12.5 Å². The van der Waals surface area contributed by atoms with Crippen LogP contribution in [0, 0.1) is 11.7 Å². The van der Waals surface area contributed by atoms with Crippen LogP contribution in [-0.2, 0) is 10.0 Å². The van der Waals surface area contributed by atoms with Crippen molar-refractivity contribution in [2.75, 3.05) is 18.6 Å². The van der Waals surface area contributed by atoms with Gasteiger partial charge in [0.15, 0.2) is 4.90 Å². The predicted octanol–water partition coefficient (Wildman–Crippen LogP) is 3.33. The van der Waals surface area contributed by atoms with E-state index in [0.29, 0.717) is 12.3 Å². The number of amides is 1. The number of carbonyl (C=O) groups excluding carboxylic acids is 1. The Morgan fingerprint density at radius 1 is 1.25 bits per heavy atom. The maximum atomic E-state index is 14.8. The number of sulfonamides is 1. The summed E-state index contributed by atoms with van der Waals surface area (Å²) in [6, 6.07) is 9.70. The molecule has 3 heterocycles. The number of anilines is 1. The lowest BCUT2D eigenvalue weighted by molar-refractivity contribution is 0.0981. The number of pyridine rings is 2. The highest BCUT2D eigenvalue weighted by molar-refractivity contribution is 7.90. The summed E-state index contributed by atoms with van der Waals surface area (Å²) in [6.07, 6.45) is 2.12. The van der Waals surface area contributed by atoms with Crippen LogP contribution in [0.15, 0.2) is 58.4 Å². The van der Waals surface area contributed by atoms with Gasteiger partial charge in [0.2, 0.25) is 0 Å². The van der Waals surface area contributed by atoms with Gasteiger partial charge in [-0.05, 0) is 62.6 Å². The van der Waals surface area contributed by atoms with Crippen molar-refractivity contribution in [3.8, 4) is 17.0 Å². The Hall–Kier alpha value is -3.73. The fourth-order valence-corrected chi connectivity index (χ4v) is 5.30. The van der Waals surface area contributed by atoms with Crippen molar-refractivity contribution in [1.29, 1.82) is 0 Å². The molecule has 3 aromatic rings. The highest BCUT2D eigenvalue weighted by Crippen LogP contribution is 2.39. The number of H-pyrrole nitrogens is 1. The molecule has 0 saturated carbocycles. The van der Waals surface area contributed by atoms with Gasteiger partial charge in [-0.15, -0.1) is 0 Å². The second-order valence-corrected chi connectivity index (χ2v) is 10.9. The molecule has 0 aliphatic carbocycles. The number of hydrogen-bond acceptors (Lipinski definition) is 7. The second kappa shape index (κ2) is 9.38. The van der Waals surface area contributed by atoms with Crippen LogP contribution in [-0.4, -0.2) is 43.5 Å². The maximum absolute atomic E-state index is 14.8. The van der Waals surface area contributed by atoms with Crippen molar-refractivity contribution in [3.63, 3.8) is 0 Å². The number of nitrogens with zero attached hydrogens (tertiary/aromatic N) is 2. The van der Waals surface area contributed by atoms with Crippen LogP contribution in [0.5, 0.6) is 5.75 Å². The Bertz CT molecular complexity index is 1490. The van der Waals surface area contributed by atoms with E-state index < -0.39 is 37.7 Å². The molecule has 0 radical (unpaired) electrons. The Kier molecular flexibility index (Phi) is 6.61. The average Bonchev–Trinajstić information content (AvgIpc) is 3.10. The minimum Gasteiger partial charge on any atom is -0.497 e. The van der Waals surface area contributed by atoms with Crippen molar-refractivity contribution in [3.05, 3.63) is 70.4 Å². The van der Waals surface area contributed by atoms with E-state index in [9.17, 15) is 22.4 Å². The van der Waals surface area contributed by atoms with Gasteiger partial charge in [-0.3, -0.25) is 9.59 Å². The van der Waals surface area contributed by atoms with Gasteiger partial charge in [-0.1, -0.05) is 6.92 Å². The summed E-state index contributed by atoms with van der Waals surface area (Å²) in [5.74, 6) is -0.666. The number of carbonyl (C=O) groups is 1. The zero-order valence-electron chi connectivity index (χ0n) is 20.3. The summed E-state index contributed by atoms with van der Waals surface area (Å²) in [7, 11) is -3.02. The van der Waals surface area contributed by atoms with Crippen LogP contribution in [0.1, 0.15) is 37.6 Å². The number of ether oxygens (including phenoxy) is 1. The minimum absolute atomic E-state index is 0.00854. The van der Waals surface area contributed by atoms with Crippen molar-refractivity contribution >= 4 is 21.7 Å². The predicted molar refractivity (Wildman–Crippen MR) is 133 cm³/mol. The lowest BCUT2D eigenvalue weighted by Crippen LogP contribution is -2.44. The van der Waals surface area contributed by atoms with E-state index >= 15 is 0 Å². The van der Waals surface area contributed by atoms with E-state index in [1.54, 1.807) is 6.07 Å². The van der Waals surface area contributed by atoms with Crippen molar-refractivity contribution < 1.29 is 22.3 Å². The largest absolute Gasteiger partial charge is 0.497 e. The molecule has 2 aromatic heterocycles. The first-order chi connectivity index (χ1) is 17.0. The van der Waals surface area contributed by atoms with Gasteiger partial charge < -0.3 is 14.6 Å². The highest BCUT2D eigenvalue weighted by Gasteiger charge is 2.41. The molecule has 36 heavy (non-hydrogen) atoms. The molecule has 1 saturated heterocycles. The number of halogens is 1. The minimum atomic E-state index is -4.46. The normalized spacial score (nSPS) is 17.1. The number of methoxy groups -OCH3 is 1. The number of rotatable bonds is 6. The van der Waals surface area contributed by atoms with Gasteiger partial charge in [0.1, 0.15) is 17.4 Å². The van der Waals surface area contributed by atoms with Gasteiger partial charge in [-0.25, -0.2) is 22.5 Å². The van der Waals surface area contributed by atoms with Gasteiger partial charge in [0, 0.05) is 29.9 Å². The molecule has 1 atom stereocenters. The second-order valence-electron chi connectivity index (χ2n) is 9.21. The molecule has 11 heteroatoms. The first-order valence-electron chi connectivity index (χ1n) is 11.3. The SMILES string of the molecule is COc1ccc(-c2ccc(C(=O)NS(=O)(=O)c3ccc[nH]c3=O)c(N3CCC(C)C3(C)C)n2)c(F)c1. The molecule has 0 spiro atoms. The molecule has 9 nitrogen and oxygen atoms in total. The average molecular weight is 515 g/mol. The molecule has 190 valence electrons. The zero-order chi connectivity index (χ0) is 26.3. The molecule has 1 fully saturated rings. The standard InChI is InChI=1S/C25H27FN4O5S/c1-15-11-13-30(25(15,2)3)22-18(23(31)29-36(33,34)21-6-5-12-27-24(21)32)9-10-20(28-22)17-8-7-16(35-4)14-19(17)26/h5-10,12,14-15H,11,13H2,1-4H3,(H,27,32)(H,29,31). The highest BCUT2D eigenvalue weighted by atomic mass is 32.2. The monoisotopic (exact) mass is 514 g/mol. The Morgan fingerprint density at radius 3 is 2.61 bits per heavy atom. The first kappa shape index (κ1) is 25.4. The van der Waals surface area contributed by atoms with Gasteiger partial charge in [-0.2, -0.15) is 0 Å². The molecule has 1 amide bonds. The summed E-state index contributed by atoms with van der Waals surface area (Å²) in [5.41, 5.74) is -0.784. The van der Waals surface area contributed by atoms with Crippen molar-refractivity contribution in [1.82, 2.24) is 14.7 Å². The van der Waals surface area contributed by atoms with Crippen LogP contribution in [0.2, 0.25) is 0 Å². The van der Waals surface area contributed by atoms with Crippen molar-refractivity contribution in [2.45, 2.75) is 37.6 Å². The fraction of sp³-hybridized carbons (Fsp3) is 0.320. The number of benzene rings is 1. The quantitative estimate of drug-likeness (QED) is 0.518. The van der Waals surface area contributed by atoms with E-state index in [1.807, 2.05) is 23.5 Å². The van der Waals surface area contributed by atoms with Crippen LogP contribution < -0.4 is 19.9 Å². The number of aromatic amines is 1. The molecule has 1 aromatic carbocycles. The summed E-state index contributed by atoms with van der Waals surface area (Å²) in [4.78, 5) is 33.5. The summed E-state index contributed by atoms with van der Waals surface area (Å²) < 4.78 is 47.5. The molecular weight excluding hydrogens is 487 g/mol. The molecule has 1 unspecified atom stereocenters. The maximum Gasteiger partial charge on any atom is 0.269 e. The summed E-state index contributed by atoms with van der Waals surface area (Å²) in [6.45, 7) is 6.67. The lowest BCUT2D eigenvalue weighted by atomic mass is 9.90. The van der Waals surface area contributed by atoms with E-state index in [-0.39, 0.29) is 28.6 Å². The third-order valence-electron chi connectivity index (χ3n) is 6.81. The number of nitrogens with one attached hydrogen (secondary N) is 2. The topological polar surface area (TPSA) is 121 Å². The van der Waals surface area contributed by atoms with E-state index in [2.05, 4.69) is 16.9 Å². The molecular formula is C25H27FN4O5S. The summed E-state index contributed by atoms with van der Waals surface area (Å²) >= 11 is 0. The third-order valence-corrected chi connectivity index (χ3v) is 8.17. The van der Waals surface area contributed by atoms with Crippen LogP contribution in [0.3, 0.4) is 0 Å². The molecule has 4 rings (SSSR count). The Balaban J connectivity index is 1.80. The Labute approximate surface area is 208 Å². The van der Waals surface area contributed by atoms with E-state index in [1.165, 1.54) is 43.6 Å². The fourth-order valence-electron chi connectivity index (χ4n) is 4.27. The number of aromatic nitrogens is 2. The lowest BCUT2D eigenvalue weighted by Gasteiger charge is -2.36. The smallest absolute Gasteiger partial charge is 0.269 e. The van der Waals surface area contributed by atoms with Crippen LogP contribution >= 0.6 is 0 Å². The van der Waals surface area contributed by atoms with Crippen LogP contribution in [0.4, 0.5) is 10.2 Å². The Morgan fingerprint density at radius 2 is 2.00 bits per heavy atom. The molecule has 1 aliphatic rings. The third kappa shape index (κ3) is 4.58. The van der Waals surface area contributed by atoms with E-state index in [4.69, 9.17) is 4.74 Å². The van der Waals surface area contributed by atoms with Gasteiger partial charge in [0.25, 0.3) is 21.5 Å². The van der Waals surface area contributed by atoms with Gasteiger partial charge >= 0.3 is 0 Å². The van der Waals surface area contributed by atoms with Crippen LogP contribution in [0.25, 0.3) is 11.3 Å². The van der Waals surface area contributed by atoms with Gasteiger partial charge in [0.05, 0.1) is 18.4 Å². The molecule has 1 aliphatic heterocycles.